The quantitative estimate of drug-likeness (QED) is 0.162. The first-order valence-electron chi connectivity index (χ1n) is 15.5. The number of unbranched alkanes of at least 4 members (excludes halogenated alkanes) is 3. The molecule has 1 aromatic rings. The van der Waals surface area contributed by atoms with Gasteiger partial charge in [0.05, 0.1) is 29.9 Å². The van der Waals surface area contributed by atoms with E-state index in [1.165, 1.54) is 26.4 Å². The number of methoxy groups -OCH3 is 1. The van der Waals surface area contributed by atoms with Crippen molar-refractivity contribution in [2.75, 3.05) is 26.8 Å². The second-order valence-corrected chi connectivity index (χ2v) is 13.2. The summed E-state index contributed by atoms with van der Waals surface area (Å²) in [5.74, 6) is 2.24. The van der Waals surface area contributed by atoms with Crippen molar-refractivity contribution in [2.45, 2.75) is 96.0 Å². The Hall–Kier alpha value is -1.89. The third-order valence-electron chi connectivity index (χ3n) is 9.23. The first kappa shape index (κ1) is 33.0. The first-order valence-corrected chi connectivity index (χ1v) is 16.6. The number of hydrogen-bond acceptors (Lipinski definition) is 7. The third kappa shape index (κ3) is 7.98. The summed E-state index contributed by atoms with van der Waals surface area (Å²) in [6, 6.07) is 2.83. The molecule has 234 valence electrons. The van der Waals surface area contributed by atoms with Crippen molar-refractivity contribution in [3.63, 3.8) is 0 Å². The van der Waals surface area contributed by atoms with Crippen molar-refractivity contribution < 1.29 is 34.4 Å². The number of hydrogen-bond donors (Lipinski definition) is 4. The third-order valence-corrected chi connectivity index (χ3v) is 10.0. The molecule has 0 aliphatic heterocycles. The van der Waals surface area contributed by atoms with Gasteiger partial charge in [0.2, 0.25) is 11.8 Å². The second-order valence-electron chi connectivity index (χ2n) is 12.1. The number of nitrogens with one attached hydrogen (secondary N) is 1. The minimum Gasteiger partial charge on any atom is -0.493 e. The van der Waals surface area contributed by atoms with E-state index >= 15 is 0 Å². The van der Waals surface area contributed by atoms with Gasteiger partial charge in [0, 0.05) is 31.5 Å². The lowest BCUT2D eigenvalue weighted by molar-refractivity contribution is -0.140. The van der Waals surface area contributed by atoms with Crippen LogP contribution in [0, 0.1) is 21.3 Å². The van der Waals surface area contributed by atoms with Crippen molar-refractivity contribution in [2.24, 2.45) is 17.8 Å². The highest BCUT2D eigenvalue weighted by molar-refractivity contribution is 14.1. The molecular weight excluding hydrogens is 651 g/mol. The number of aliphatic hydroxyl groups excluding tert-OH is 3. The molecule has 3 unspecified atom stereocenters. The van der Waals surface area contributed by atoms with E-state index in [4.69, 9.17) is 9.47 Å². The number of aliphatic hydroxyl groups is 3. The van der Waals surface area contributed by atoms with E-state index in [2.05, 4.69) is 34.8 Å². The van der Waals surface area contributed by atoms with Crippen molar-refractivity contribution >= 4 is 34.4 Å². The molecule has 0 saturated heterocycles. The lowest BCUT2D eigenvalue weighted by atomic mass is 9.84. The summed E-state index contributed by atoms with van der Waals surface area (Å²) in [4.78, 5) is 29.0. The molecule has 10 heteroatoms. The van der Waals surface area contributed by atoms with Gasteiger partial charge in [-0.05, 0) is 89.8 Å². The summed E-state index contributed by atoms with van der Waals surface area (Å²) in [5, 5.41) is 33.4. The van der Waals surface area contributed by atoms with E-state index in [1.54, 1.807) is 18.2 Å². The molecule has 2 amide bonds. The number of benzene rings is 1. The lowest BCUT2D eigenvalue weighted by Gasteiger charge is -2.41. The maximum Gasteiger partial charge on any atom is 0.247 e. The van der Waals surface area contributed by atoms with Gasteiger partial charge in [-0.25, -0.2) is 0 Å². The van der Waals surface area contributed by atoms with Gasteiger partial charge >= 0.3 is 0 Å². The molecule has 1 aromatic carbocycles. The summed E-state index contributed by atoms with van der Waals surface area (Å²) in [6.45, 7) is 2.42. The van der Waals surface area contributed by atoms with E-state index in [0.29, 0.717) is 51.0 Å². The fourth-order valence-electron chi connectivity index (χ4n) is 7.05. The molecule has 0 heterocycles. The number of nitrogens with zero attached hydrogens (tertiary/aromatic N) is 1. The van der Waals surface area contributed by atoms with E-state index in [0.717, 1.165) is 38.0 Å². The summed E-state index contributed by atoms with van der Waals surface area (Å²) in [5.41, 5.74) is 1.07. The average molecular weight is 699 g/mol. The molecule has 3 aliphatic rings. The molecule has 0 aromatic heterocycles. The van der Waals surface area contributed by atoms with Gasteiger partial charge in [0.1, 0.15) is 12.2 Å². The minimum absolute atomic E-state index is 0.0447. The zero-order valence-electron chi connectivity index (χ0n) is 24.9. The van der Waals surface area contributed by atoms with Gasteiger partial charge in [0.25, 0.3) is 0 Å². The molecule has 0 radical (unpaired) electrons. The van der Waals surface area contributed by atoms with E-state index < -0.39 is 18.2 Å². The number of amides is 2. The van der Waals surface area contributed by atoms with Crippen LogP contribution in [0.3, 0.4) is 0 Å². The summed E-state index contributed by atoms with van der Waals surface area (Å²) < 4.78 is 12.6. The monoisotopic (exact) mass is 698 g/mol. The average Bonchev–Trinajstić information content (AvgIpc) is 3.61. The van der Waals surface area contributed by atoms with E-state index in [1.807, 2.05) is 4.90 Å². The van der Waals surface area contributed by atoms with Crippen LogP contribution in [0.25, 0.3) is 0 Å². The zero-order chi connectivity index (χ0) is 30.2. The van der Waals surface area contributed by atoms with Crippen LogP contribution >= 0.6 is 22.6 Å². The van der Waals surface area contributed by atoms with Crippen LogP contribution < -0.4 is 14.8 Å². The lowest BCUT2D eigenvalue weighted by Crippen LogP contribution is -2.55. The van der Waals surface area contributed by atoms with Gasteiger partial charge in [-0.1, -0.05) is 32.6 Å². The first-order chi connectivity index (χ1) is 20.3. The van der Waals surface area contributed by atoms with Crippen LogP contribution in [-0.2, 0) is 16.2 Å². The molecule has 3 aliphatic carbocycles. The summed E-state index contributed by atoms with van der Waals surface area (Å²) in [7, 11) is 1.51. The predicted octanol–water partition coefficient (Wildman–Crippen LogP) is 3.94. The Morgan fingerprint density at radius 3 is 2.60 bits per heavy atom. The van der Waals surface area contributed by atoms with Gasteiger partial charge in [0.15, 0.2) is 11.5 Å². The zero-order valence-corrected chi connectivity index (χ0v) is 27.1. The maximum absolute atomic E-state index is 14.0. The van der Waals surface area contributed by atoms with Crippen LogP contribution in [-0.4, -0.2) is 77.1 Å². The van der Waals surface area contributed by atoms with Gasteiger partial charge in [-0.2, -0.15) is 0 Å². The van der Waals surface area contributed by atoms with Crippen molar-refractivity contribution in [1.29, 1.82) is 0 Å². The Labute approximate surface area is 263 Å². The van der Waals surface area contributed by atoms with Crippen molar-refractivity contribution in [3.05, 3.63) is 32.9 Å². The highest BCUT2D eigenvalue weighted by Crippen LogP contribution is 2.50. The number of fused-ring (bicyclic) bond motifs is 2. The minimum atomic E-state index is -1.08. The Bertz CT molecular complexity index is 1110. The molecule has 2 saturated carbocycles. The summed E-state index contributed by atoms with van der Waals surface area (Å²) in [6.07, 6.45) is 9.08. The van der Waals surface area contributed by atoms with Gasteiger partial charge in [-0.3, -0.25) is 9.59 Å². The number of halogens is 1. The summed E-state index contributed by atoms with van der Waals surface area (Å²) >= 11 is 2.10. The van der Waals surface area contributed by atoms with Crippen LogP contribution in [0.15, 0.2) is 23.8 Å². The Morgan fingerprint density at radius 2 is 1.95 bits per heavy atom. The largest absolute Gasteiger partial charge is 0.493 e. The highest BCUT2D eigenvalue weighted by Gasteiger charge is 2.44. The number of ether oxygens (including phenoxy) is 2. The fraction of sp³-hybridized carbons (Fsp3) is 0.688. The Balaban J connectivity index is 1.63. The number of rotatable bonds is 15. The molecule has 4 rings (SSSR count). The maximum atomic E-state index is 14.0. The van der Waals surface area contributed by atoms with Crippen LogP contribution in [0.1, 0.15) is 76.7 Å². The molecular formula is C32H47IN2O7. The smallest absolute Gasteiger partial charge is 0.247 e. The number of carbonyl (C=O) groups excluding carboxylic acids is 2. The van der Waals surface area contributed by atoms with Crippen LogP contribution in [0.4, 0.5) is 0 Å². The van der Waals surface area contributed by atoms with Gasteiger partial charge in [-0.15, -0.1) is 0 Å². The highest BCUT2D eigenvalue weighted by atomic mass is 127. The van der Waals surface area contributed by atoms with E-state index in [9.17, 15) is 24.9 Å². The molecule has 6 atom stereocenters. The molecule has 9 nitrogen and oxygen atoms in total. The standard InChI is InChI=1S/C32H47IN2O7/c1-3-4-5-6-10-35(29(38)18-23-13-20-7-8-22(23)12-20)26-16-24(32(40)34-9-11-36)17-27(30(26)39)42-31-25(33)14-21(19-37)15-28(31)41-2/h14-15,17,20,22-23,26-27,30,36-37,39H,3-13,16,18-19H2,1-2H3,(H,34,40)/t20?,22?,23?,26-,27+,30+/m1/s1. The molecule has 2 fully saturated rings. The second kappa shape index (κ2) is 15.7. The molecule has 0 spiro atoms. The Morgan fingerprint density at radius 1 is 1.14 bits per heavy atom. The number of carbonyl (C=O) groups is 2. The van der Waals surface area contributed by atoms with Gasteiger partial charge < -0.3 is 35.0 Å². The van der Waals surface area contributed by atoms with Crippen molar-refractivity contribution in [3.8, 4) is 11.5 Å². The van der Waals surface area contributed by atoms with Crippen molar-refractivity contribution in [1.82, 2.24) is 10.2 Å². The predicted molar refractivity (Wildman–Crippen MR) is 168 cm³/mol. The molecule has 4 N–H and O–H groups in total. The molecule has 42 heavy (non-hydrogen) atoms. The van der Waals surface area contributed by atoms with E-state index in [-0.39, 0.29) is 38.0 Å². The van der Waals surface area contributed by atoms with Crippen LogP contribution in [0.2, 0.25) is 0 Å². The fourth-order valence-corrected chi connectivity index (χ4v) is 7.84. The van der Waals surface area contributed by atoms with Crippen LogP contribution in [0.5, 0.6) is 11.5 Å². The SMILES string of the molecule is CCCCCCN(C(=O)CC1CC2CCC1C2)[C@@H]1CC(C(=O)NCCO)=C[C@H](Oc2c(I)cc(CO)cc2OC)[C@H]1O. The topological polar surface area (TPSA) is 129 Å². The normalized spacial score (nSPS) is 26.6. The Kier molecular flexibility index (Phi) is 12.4. The molecule has 2 bridgehead atoms.